The zero-order valence-electron chi connectivity index (χ0n) is 17.4. The number of carbonyl (C=O) groups excluding carboxylic acids is 1. The maximum Gasteiger partial charge on any atom is 0.320 e. The third-order valence-corrected chi connectivity index (χ3v) is 5.08. The number of carboxylic acids is 1. The zero-order valence-corrected chi connectivity index (χ0v) is 17.4. The number of nitrogens with two attached hydrogens (primary N) is 1. The average Bonchev–Trinajstić information content (AvgIpc) is 2.77. The second-order valence-corrected chi connectivity index (χ2v) is 7.58. The summed E-state index contributed by atoms with van der Waals surface area (Å²) in [4.78, 5) is 22.9. The monoisotopic (exact) mass is 470 g/mol. The number of ketones is 1. The number of unbranched alkanes of at least 4 members (excludes halogenated alkanes) is 1. The first kappa shape index (κ1) is 28.7. The number of aliphatic carboxylic acids is 1. The number of aliphatic hydroxyl groups excluding tert-OH is 7. The molecule has 14 nitrogen and oxygen atoms in total. The zero-order chi connectivity index (χ0) is 24.4. The van der Waals surface area contributed by atoms with Gasteiger partial charge in [0.05, 0.1) is 19.8 Å². The Balaban J connectivity index is 2.61. The van der Waals surface area contributed by atoms with E-state index in [0.717, 1.165) is 0 Å². The molecule has 0 aromatic heterocycles. The van der Waals surface area contributed by atoms with E-state index in [1.165, 1.54) is 0 Å². The van der Waals surface area contributed by atoms with E-state index in [-0.39, 0.29) is 13.0 Å². The highest BCUT2D eigenvalue weighted by molar-refractivity contribution is 5.85. The summed E-state index contributed by atoms with van der Waals surface area (Å²) < 4.78 is 10.4. The minimum atomic E-state index is -1.96. The fourth-order valence-corrected chi connectivity index (χ4v) is 3.05. The van der Waals surface area contributed by atoms with Crippen molar-refractivity contribution in [1.82, 2.24) is 5.32 Å². The van der Waals surface area contributed by atoms with Crippen LogP contribution >= 0.6 is 0 Å². The fourth-order valence-electron chi connectivity index (χ4n) is 3.05. The minimum absolute atomic E-state index is 0.255. The molecular weight excluding hydrogens is 436 g/mol. The van der Waals surface area contributed by atoms with Gasteiger partial charge in [0.25, 0.3) is 0 Å². The van der Waals surface area contributed by atoms with Crippen LogP contribution in [-0.2, 0) is 19.1 Å². The molecule has 32 heavy (non-hydrogen) atoms. The molecular formula is C18H34N2O12. The summed E-state index contributed by atoms with van der Waals surface area (Å²) in [7, 11) is 0. The molecule has 1 rings (SSSR count). The summed E-state index contributed by atoms with van der Waals surface area (Å²) in [5.41, 5.74) is 5.38. The Bertz CT molecular complexity index is 580. The second-order valence-electron chi connectivity index (χ2n) is 7.58. The standard InChI is InChI=1S/C18H34N2O12/c19-8(17(29)30)3-1-2-4-20-5-9(23)12(25)16(10(24)6-21)32-18-15(28)14(27)13(26)11(7-22)31-18/h8,10-16,18,20-22,24-28H,1-7,19H2,(H,29,30)/t8-,10+,11+,12+,13-,14-,15+,16+,18-/m0/s1. The summed E-state index contributed by atoms with van der Waals surface area (Å²) in [5.74, 6) is -1.93. The van der Waals surface area contributed by atoms with E-state index < -0.39 is 80.0 Å². The van der Waals surface area contributed by atoms with Gasteiger partial charge in [-0.25, -0.2) is 0 Å². The Hall–Kier alpha value is -1.30. The van der Waals surface area contributed by atoms with Gasteiger partial charge in [0.1, 0.15) is 48.8 Å². The second kappa shape index (κ2) is 14.1. The molecule has 0 aromatic carbocycles. The average molecular weight is 470 g/mol. The number of carbonyl (C=O) groups is 2. The van der Waals surface area contributed by atoms with E-state index in [4.69, 9.17) is 20.3 Å². The van der Waals surface area contributed by atoms with Gasteiger partial charge in [-0.1, -0.05) is 6.42 Å². The summed E-state index contributed by atoms with van der Waals surface area (Å²) in [6.45, 7) is -1.69. The van der Waals surface area contributed by atoms with Gasteiger partial charge in [-0.05, 0) is 19.4 Å². The van der Waals surface area contributed by atoms with Gasteiger partial charge in [-0.15, -0.1) is 0 Å². The Morgan fingerprint density at radius 1 is 1.06 bits per heavy atom. The van der Waals surface area contributed by atoms with Gasteiger partial charge < -0.3 is 61.4 Å². The van der Waals surface area contributed by atoms with Crippen LogP contribution < -0.4 is 11.1 Å². The summed E-state index contributed by atoms with van der Waals surface area (Å²) in [6.07, 6.45) is -12.5. The Kier molecular flexibility index (Phi) is 12.6. The Morgan fingerprint density at radius 2 is 1.72 bits per heavy atom. The predicted octanol–water partition coefficient (Wildman–Crippen LogP) is -5.37. The molecule has 11 N–H and O–H groups in total. The van der Waals surface area contributed by atoms with Crippen molar-refractivity contribution in [3.63, 3.8) is 0 Å². The van der Waals surface area contributed by atoms with Crippen molar-refractivity contribution in [3.8, 4) is 0 Å². The number of Topliss-reactive ketones (excluding diaryl/α,β-unsaturated/α-hetero) is 1. The van der Waals surface area contributed by atoms with E-state index >= 15 is 0 Å². The summed E-state index contributed by atoms with van der Waals surface area (Å²) >= 11 is 0. The highest BCUT2D eigenvalue weighted by atomic mass is 16.7. The van der Waals surface area contributed by atoms with Crippen LogP contribution in [0.25, 0.3) is 0 Å². The maximum absolute atomic E-state index is 12.3. The lowest BCUT2D eigenvalue weighted by atomic mass is 9.98. The van der Waals surface area contributed by atoms with Crippen molar-refractivity contribution in [2.75, 3.05) is 26.3 Å². The number of rotatable bonds is 15. The smallest absolute Gasteiger partial charge is 0.320 e. The quantitative estimate of drug-likeness (QED) is 0.100. The molecule has 1 fully saturated rings. The highest BCUT2D eigenvalue weighted by Gasteiger charge is 2.46. The lowest BCUT2D eigenvalue weighted by molar-refractivity contribution is -0.323. The molecule has 0 aliphatic carbocycles. The predicted molar refractivity (Wildman–Crippen MR) is 105 cm³/mol. The number of hydrogen-bond donors (Lipinski definition) is 10. The van der Waals surface area contributed by atoms with Gasteiger partial charge in [-0.2, -0.15) is 0 Å². The van der Waals surface area contributed by atoms with Crippen molar-refractivity contribution >= 4 is 11.8 Å². The molecule has 188 valence electrons. The normalized spacial score (nSPS) is 29.8. The van der Waals surface area contributed by atoms with Gasteiger partial charge in [0.2, 0.25) is 0 Å². The SMILES string of the molecule is N[C@@H](CCCCNCC(=O)[C@@H](O)[C@H](O[C@@H]1O[C@H](CO)[C@H](O)[C@H](O)[C@H]1O)[C@H](O)CO)C(=O)O. The molecule has 1 heterocycles. The molecule has 9 atom stereocenters. The van der Waals surface area contributed by atoms with Crippen LogP contribution in [0.2, 0.25) is 0 Å². The number of nitrogens with one attached hydrogen (secondary N) is 1. The Morgan fingerprint density at radius 3 is 2.28 bits per heavy atom. The van der Waals surface area contributed by atoms with E-state index in [9.17, 15) is 45.3 Å². The van der Waals surface area contributed by atoms with Crippen molar-refractivity contribution in [3.05, 3.63) is 0 Å². The lowest BCUT2D eigenvalue weighted by Crippen LogP contribution is -2.61. The van der Waals surface area contributed by atoms with Crippen LogP contribution in [0.4, 0.5) is 0 Å². The largest absolute Gasteiger partial charge is 0.480 e. The molecule has 0 saturated carbocycles. The van der Waals surface area contributed by atoms with Crippen molar-refractivity contribution in [2.24, 2.45) is 5.73 Å². The molecule has 0 spiro atoms. The molecule has 14 heteroatoms. The van der Waals surface area contributed by atoms with Crippen molar-refractivity contribution in [1.29, 1.82) is 0 Å². The van der Waals surface area contributed by atoms with Crippen LogP contribution in [0.5, 0.6) is 0 Å². The van der Waals surface area contributed by atoms with E-state index in [1.807, 2.05) is 0 Å². The molecule has 0 unspecified atom stereocenters. The van der Waals surface area contributed by atoms with E-state index in [2.05, 4.69) is 5.32 Å². The van der Waals surface area contributed by atoms with Gasteiger partial charge in [0, 0.05) is 0 Å². The molecule has 0 bridgehead atoms. The van der Waals surface area contributed by atoms with Crippen LogP contribution in [-0.4, -0.2) is 134 Å². The van der Waals surface area contributed by atoms with Crippen LogP contribution in [0, 0.1) is 0 Å². The van der Waals surface area contributed by atoms with Crippen molar-refractivity contribution < 1.29 is 59.9 Å². The fraction of sp³-hybridized carbons (Fsp3) is 0.889. The highest BCUT2D eigenvalue weighted by Crippen LogP contribution is 2.24. The summed E-state index contributed by atoms with van der Waals surface area (Å²) in [6, 6.07) is -0.973. The molecule has 1 aliphatic heterocycles. The first-order chi connectivity index (χ1) is 15.0. The first-order valence-electron chi connectivity index (χ1n) is 10.2. The van der Waals surface area contributed by atoms with Crippen molar-refractivity contribution in [2.45, 2.75) is 74.3 Å². The number of carboxylic acid groups (broad SMARTS) is 1. The number of ether oxygens (including phenoxy) is 2. The van der Waals surface area contributed by atoms with Crippen LogP contribution in [0.15, 0.2) is 0 Å². The van der Waals surface area contributed by atoms with Crippen LogP contribution in [0.3, 0.4) is 0 Å². The molecule has 0 aromatic rings. The minimum Gasteiger partial charge on any atom is -0.480 e. The van der Waals surface area contributed by atoms with Gasteiger partial charge >= 0.3 is 5.97 Å². The third-order valence-electron chi connectivity index (χ3n) is 5.08. The van der Waals surface area contributed by atoms with Gasteiger partial charge in [-0.3, -0.25) is 9.59 Å². The van der Waals surface area contributed by atoms with Gasteiger partial charge in [0.15, 0.2) is 12.1 Å². The number of hydrogen-bond acceptors (Lipinski definition) is 13. The lowest BCUT2D eigenvalue weighted by Gasteiger charge is -2.41. The molecule has 1 saturated heterocycles. The number of aliphatic hydroxyl groups is 7. The molecule has 0 radical (unpaired) electrons. The first-order valence-corrected chi connectivity index (χ1v) is 10.2. The topological polar surface area (TPSA) is 252 Å². The summed E-state index contributed by atoms with van der Waals surface area (Å²) in [5, 5.41) is 79.8. The van der Waals surface area contributed by atoms with Crippen LogP contribution in [0.1, 0.15) is 19.3 Å². The molecule has 0 amide bonds. The maximum atomic E-state index is 12.3. The van der Waals surface area contributed by atoms with E-state index in [1.54, 1.807) is 0 Å². The molecule has 1 aliphatic rings. The van der Waals surface area contributed by atoms with E-state index in [0.29, 0.717) is 19.4 Å². The third kappa shape index (κ3) is 8.24. The Labute approximate surface area is 184 Å².